The number of rotatable bonds is 57. The Labute approximate surface area is 453 Å². The Morgan fingerprint density at radius 1 is 0.288 bits per heavy atom. The van der Waals surface area contributed by atoms with Crippen LogP contribution in [0, 0.1) is 0 Å². The van der Waals surface area contributed by atoms with Gasteiger partial charge >= 0.3 is 17.9 Å². The van der Waals surface area contributed by atoms with Crippen molar-refractivity contribution in [3.05, 3.63) is 72.9 Å². The van der Waals surface area contributed by atoms with Gasteiger partial charge in [-0.25, -0.2) is 0 Å². The monoisotopic (exact) mass is 1020 g/mol. The average Bonchev–Trinajstić information content (AvgIpc) is 3.39. The van der Waals surface area contributed by atoms with Gasteiger partial charge in [-0.15, -0.1) is 0 Å². The van der Waals surface area contributed by atoms with Gasteiger partial charge in [-0.1, -0.05) is 280 Å². The van der Waals surface area contributed by atoms with Crippen LogP contribution in [-0.2, 0) is 28.6 Å². The first-order valence-electron chi connectivity index (χ1n) is 31.4. The van der Waals surface area contributed by atoms with Gasteiger partial charge in [-0.05, 0) is 89.9 Å². The minimum atomic E-state index is -0.783. The van der Waals surface area contributed by atoms with E-state index in [0.717, 1.165) is 103 Å². The molecule has 1 unspecified atom stereocenters. The second-order valence-corrected chi connectivity index (χ2v) is 20.9. The molecule has 1 atom stereocenters. The van der Waals surface area contributed by atoms with Crippen molar-refractivity contribution in [2.24, 2.45) is 0 Å². The quantitative estimate of drug-likeness (QED) is 0.0261. The third-order valence-corrected chi connectivity index (χ3v) is 13.7. The van der Waals surface area contributed by atoms with Crippen molar-refractivity contribution in [2.45, 2.75) is 322 Å². The van der Waals surface area contributed by atoms with Crippen LogP contribution >= 0.6 is 0 Å². The van der Waals surface area contributed by atoms with E-state index < -0.39 is 6.10 Å². The van der Waals surface area contributed by atoms with Gasteiger partial charge in [0, 0.05) is 19.3 Å². The van der Waals surface area contributed by atoms with Gasteiger partial charge in [0.25, 0.3) is 0 Å². The largest absolute Gasteiger partial charge is 0.462 e. The third kappa shape index (κ3) is 59.6. The summed E-state index contributed by atoms with van der Waals surface area (Å²) < 4.78 is 16.9. The van der Waals surface area contributed by atoms with Crippen LogP contribution in [0.3, 0.4) is 0 Å². The second kappa shape index (κ2) is 61.4. The van der Waals surface area contributed by atoms with Gasteiger partial charge in [0.05, 0.1) is 0 Å². The summed E-state index contributed by atoms with van der Waals surface area (Å²) >= 11 is 0. The standard InChI is InChI=1S/C67H118O6/c1-4-7-10-13-16-19-22-25-28-31-32-33-34-37-39-42-45-48-51-54-57-60-66(69)72-63-64(73-67(70)61-58-55-52-49-46-43-40-36-30-27-24-21-18-15-12-9-6-3)62-71-65(68)59-56-53-50-47-44-41-38-35-29-26-23-20-17-14-11-8-5-2/h7,10,16,18-19,21,25,27-28,30,32-33,64H,4-6,8-9,11-15,17,20,22-24,26,29,31,34-63H2,1-3H3/b10-7-,19-16-,21-18-,28-25-,30-27-,33-32-. The smallest absolute Gasteiger partial charge is 0.306 e. The topological polar surface area (TPSA) is 78.9 Å². The Hall–Kier alpha value is -3.15. The fourth-order valence-corrected chi connectivity index (χ4v) is 9.00. The molecule has 0 N–H and O–H groups in total. The number of ether oxygens (including phenoxy) is 3. The van der Waals surface area contributed by atoms with Crippen LogP contribution in [0.1, 0.15) is 316 Å². The zero-order valence-electron chi connectivity index (χ0n) is 48.4. The normalized spacial score (nSPS) is 12.5. The van der Waals surface area contributed by atoms with Gasteiger partial charge in [0.15, 0.2) is 6.10 Å². The van der Waals surface area contributed by atoms with Crippen molar-refractivity contribution < 1.29 is 28.6 Å². The predicted octanol–water partition coefficient (Wildman–Crippen LogP) is 21.3. The highest BCUT2D eigenvalue weighted by atomic mass is 16.6. The van der Waals surface area contributed by atoms with Crippen LogP contribution in [0.2, 0.25) is 0 Å². The second-order valence-electron chi connectivity index (χ2n) is 20.9. The van der Waals surface area contributed by atoms with E-state index in [-0.39, 0.29) is 31.1 Å². The highest BCUT2D eigenvalue weighted by Crippen LogP contribution is 2.17. The molecular weight excluding hydrogens is 901 g/mol. The molecule has 0 bridgehead atoms. The molecule has 6 heteroatoms. The molecule has 0 aliphatic heterocycles. The summed E-state index contributed by atoms with van der Waals surface area (Å²) in [5, 5.41) is 0. The fourth-order valence-electron chi connectivity index (χ4n) is 9.00. The first kappa shape index (κ1) is 69.8. The maximum Gasteiger partial charge on any atom is 0.306 e. The molecule has 0 rings (SSSR count). The summed E-state index contributed by atoms with van der Waals surface area (Å²) in [5.74, 6) is -0.879. The van der Waals surface area contributed by atoms with Gasteiger partial charge in [-0.2, -0.15) is 0 Å². The number of allylic oxidation sites excluding steroid dienone is 12. The van der Waals surface area contributed by atoms with Gasteiger partial charge in [0.1, 0.15) is 13.2 Å². The van der Waals surface area contributed by atoms with E-state index in [1.54, 1.807) is 0 Å². The Kier molecular flexibility index (Phi) is 58.7. The van der Waals surface area contributed by atoms with Crippen molar-refractivity contribution in [3.8, 4) is 0 Å². The van der Waals surface area contributed by atoms with Crippen molar-refractivity contribution in [3.63, 3.8) is 0 Å². The van der Waals surface area contributed by atoms with Crippen LogP contribution in [0.15, 0.2) is 72.9 Å². The van der Waals surface area contributed by atoms with Crippen LogP contribution in [0.25, 0.3) is 0 Å². The molecule has 0 heterocycles. The first-order chi connectivity index (χ1) is 36.0. The highest BCUT2D eigenvalue weighted by molar-refractivity contribution is 5.71. The van der Waals surface area contributed by atoms with Crippen LogP contribution in [0.4, 0.5) is 0 Å². The van der Waals surface area contributed by atoms with E-state index in [4.69, 9.17) is 14.2 Å². The minimum Gasteiger partial charge on any atom is -0.462 e. The number of hydrogen-bond donors (Lipinski definition) is 0. The predicted molar refractivity (Wildman–Crippen MR) is 316 cm³/mol. The lowest BCUT2D eigenvalue weighted by molar-refractivity contribution is -0.167. The molecule has 422 valence electrons. The number of carbonyl (C=O) groups excluding carboxylic acids is 3. The molecule has 0 radical (unpaired) electrons. The summed E-state index contributed by atoms with van der Waals surface area (Å²) in [7, 11) is 0. The lowest BCUT2D eigenvalue weighted by Crippen LogP contribution is -2.30. The summed E-state index contributed by atoms with van der Waals surface area (Å²) in [5.41, 5.74) is 0. The van der Waals surface area contributed by atoms with Crippen LogP contribution in [-0.4, -0.2) is 37.2 Å². The van der Waals surface area contributed by atoms with Crippen molar-refractivity contribution >= 4 is 17.9 Å². The molecular formula is C67H118O6. The summed E-state index contributed by atoms with van der Waals surface area (Å²) in [6.07, 6.45) is 78.9. The molecule has 0 aliphatic carbocycles. The molecule has 0 saturated carbocycles. The van der Waals surface area contributed by atoms with Crippen molar-refractivity contribution in [1.82, 2.24) is 0 Å². The van der Waals surface area contributed by atoms with Crippen LogP contribution < -0.4 is 0 Å². The Balaban J connectivity index is 4.38. The number of hydrogen-bond acceptors (Lipinski definition) is 6. The van der Waals surface area contributed by atoms with Crippen molar-refractivity contribution in [2.75, 3.05) is 13.2 Å². The lowest BCUT2D eigenvalue weighted by atomic mass is 10.0. The lowest BCUT2D eigenvalue weighted by Gasteiger charge is -2.18. The SMILES string of the molecule is CC/C=C\C/C=C\C/C=C\C/C=C\CCCCCCCCCCC(=O)OCC(COC(=O)CCCCCCCCCCCCCCCCCCC)OC(=O)CCCCCCCCC/C=C\C/C=C\CCCCC. The maximum absolute atomic E-state index is 12.9. The number of esters is 3. The van der Waals surface area contributed by atoms with E-state index in [9.17, 15) is 14.4 Å². The van der Waals surface area contributed by atoms with E-state index >= 15 is 0 Å². The summed E-state index contributed by atoms with van der Waals surface area (Å²) in [6, 6.07) is 0. The minimum absolute atomic E-state index is 0.0782. The van der Waals surface area contributed by atoms with Gasteiger partial charge in [-0.3, -0.25) is 14.4 Å². The fraction of sp³-hybridized carbons (Fsp3) is 0.776. The van der Waals surface area contributed by atoms with Gasteiger partial charge in [0.2, 0.25) is 0 Å². The molecule has 0 aromatic rings. The zero-order valence-corrected chi connectivity index (χ0v) is 48.4. The first-order valence-corrected chi connectivity index (χ1v) is 31.4. The molecule has 0 aromatic carbocycles. The van der Waals surface area contributed by atoms with Gasteiger partial charge < -0.3 is 14.2 Å². The molecule has 0 aromatic heterocycles. The molecule has 73 heavy (non-hydrogen) atoms. The Morgan fingerprint density at radius 3 is 0.863 bits per heavy atom. The zero-order chi connectivity index (χ0) is 52.9. The Morgan fingerprint density at radius 2 is 0.534 bits per heavy atom. The van der Waals surface area contributed by atoms with E-state index in [1.165, 1.54) is 173 Å². The molecule has 0 amide bonds. The highest BCUT2D eigenvalue weighted by Gasteiger charge is 2.19. The average molecular weight is 1020 g/mol. The molecule has 0 fully saturated rings. The van der Waals surface area contributed by atoms with E-state index in [0.29, 0.717) is 19.3 Å². The van der Waals surface area contributed by atoms with E-state index in [2.05, 4.69) is 93.7 Å². The number of unbranched alkanes of at least 4 members (excludes halogenated alkanes) is 34. The molecule has 0 saturated heterocycles. The third-order valence-electron chi connectivity index (χ3n) is 13.7. The summed E-state index contributed by atoms with van der Waals surface area (Å²) in [4.78, 5) is 38.3. The van der Waals surface area contributed by atoms with Crippen LogP contribution in [0.5, 0.6) is 0 Å². The maximum atomic E-state index is 12.9. The summed E-state index contributed by atoms with van der Waals surface area (Å²) in [6.45, 7) is 6.53. The Bertz CT molecular complexity index is 1360. The molecule has 0 spiro atoms. The number of carbonyl (C=O) groups is 3. The van der Waals surface area contributed by atoms with E-state index in [1.807, 2.05) is 0 Å². The molecule has 6 nitrogen and oxygen atoms in total. The molecule has 0 aliphatic rings. The van der Waals surface area contributed by atoms with Crippen molar-refractivity contribution in [1.29, 1.82) is 0 Å².